The molecule has 0 bridgehead atoms. The summed E-state index contributed by atoms with van der Waals surface area (Å²) in [7, 11) is 0. The Morgan fingerprint density at radius 1 is 1.17 bits per heavy atom. The Hall–Kier alpha value is -1.81. The molecule has 0 spiro atoms. The standard InChI is InChI=1S/C14H18N4/c15-12-2-3-13-11(10-12)4-6-17-14(13)18-8-1-5-16-7-9-18/h2-4,6,10,16H,1,5,7-9,15H2. The number of nitrogens with one attached hydrogen (secondary N) is 1. The summed E-state index contributed by atoms with van der Waals surface area (Å²) >= 11 is 0. The second-order valence-electron chi connectivity index (χ2n) is 4.71. The molecule has 0 radical (unpaired) electrons. The van der Waals surface area contributed by atoms with Crippen LogP contribution in [0, 0.1) is 0 Å². The summed E-state index contributed by atoms with van der Waals surface area (Å²) in [6, 6.07) is 8.05. The van der Waals surface area contributed by atoms with Crippen molar-refractivity contribution in [3.05, 3.63) is 30.5 Å². The number of nitrogens with zero attached hydrogens (tertiary/aromatic N) is 2. The molecular weight excluding hydrogens is 224 g/mol. The number of aromatic nitrogens is 1. The van der Waals surface area contributed by atoms with Crippen molar-refractivity contribution >= 4 is 22.3 Å². The topological polar surface area (TPSA) is 54.2 Å². The molecule has 2 heterocycles. The predicted molar refractivity (Wildman–Crippen MR) is 75.9 cm³/mol. The average molecular weight is 242 g/mol. The minimum atomic E-state index is 0.803. The number of hydrogen-bond acceptors (Lipinski definition) is 4. The van der Waals surface area contributed by atoms with Gasteiger partial charge < -0.3 is 16.0 Å². The summed E-state index contributed by atoms with van der Waals surface area (Å²) in [5.41, 5.74) is 6.64. The maximum absolute atomic E-state index is 5.83. The number of fused-ring (bicyclic) bond motifs is 1. The highest BCUT2D eigenvalue weighted by Crippen LogP contribution is 2.26. The van der Waals surface area contributed by atoms with Gasteiger partial charge in [0.05, 0.1) is 0 Å². The zero-order chi connectivity index (χ0) is 12.4. The van der Waals surface area contributed by atoms with Crippen molar-refractivity contribution in [3.8, 4) is 0 Å². The lowest BCUT2D eigenvalue weighted by molar-refractivity contribution is 0.724. The van der Waals surface area contributed by atoms with Crippen LogP contribution in [0.4, 0.5) is 11.5 Å². The Morgan fingerprint density at radius 3 is 3.06 bits per heavy atom. The molecule has 4 heteroatoms. The molecule has 2 aromatic rings. The van der Waals surface area contributed by atoms with E-state index in [0.717, 1.165) is 49.5 Å². The number of hydrogen-bond donors (Lipinski definition) is 2. The second kappa shape index (κ2) is 4.82. The summed E-state index contributed by atoms with van der Waals surface area (Å²) in [4.78, 5) is 6.92. The fourth-order valence-electron chi connectivity index (χ4n) is 2.49. The van der Waals surface area contributed by atoms with Crippen LogP contribution in [-0.4, -0.2) is 31.2 Å². The van der Waals surface area contributed by atoms with Crippen LogP contribution < -0.4 is 16.0 Å². The summed E-state index contributed by atoms with van der Waals surface area (Å²) in [6.45, 7) is 4.18. The van der Waals surface area contributed by atoms with Crippen molar-refractivity contribution in [3.63, 3.8) is 0 Å². The highest BCUT2D eigenvalue weighted by molar-refractivity contribution is 5.93. The highest BCUT2D eigenvalue weighted by Gasteiger charge is 2.13. The van der Waals surface area contributed by atoms with Gasteiger partial charge in [0.1, 0.15) is 5.82 Å². The molecule has 1 fully saturated rings. The summed E-state index contributed by atoms with van der Waals surface area (Å²) in [5, 5.41) is 5.77. The van der Waals surface area contributed by atoms with Crippen molar-refractivity contribution in [1.29, 1.82) is 0 Å². The van der Waals surface area contributed by atoms with E-state index in [2.05, 4.69) is 21.3 Å². The summed E-state index contributed by atoms with van der Waals surface area (Å²) in [6.07, 6.45) is 3.03. The Bertz CT molecular complexity index is 544. The first-order chi connectivity index (χ1) is 8.84. The predicted octanol–water partition coefficient (Wildman–Crippen LogP) is 1.62. The molecule has 0 amide bonds. The number of nitrogens with two attached hydrogens (primary N) is 1. The summed E-state index contributed by atoms with van der Waals surface area (Å²) < 4.78 is 0. The number of benzene rings is 1. The number of nitrogen functional groups attached to an aromatic ring is 1. The van der Waals surface area contributed by atoms with Crippen molar-refractivity contribution in [2.45, 2.75) is 6.42 Å². The third-order valence-electron chi connectivity index (χ3n) is 3.41. The van der Waals surface area contributed by atoms with Crippen molar-refractivity contribution in [2.24, 2.45) is 0 Å². The average Bonchev–Trinajstić information content (AvgIpc) is 2.66. The largest absolute Gasteiger partial charge is 0.399 e. The maximum Gasteiger partial charge on any atom is 0.136 e. The maximum atomic E-state index is 5.83. The minimum absolute atomic E-state index is 0.803. The van der Waals surface area contributed by atoms with Crippen LogP contribution in [0.2, 0.25) is 0 Å². The molecule has 4 nitrogen and oxygen atoms in total. The number of pyridine rings is 1. The van der Waals surface area contributed by atoms with Crippen molar-refractivity contribution in [1.82, 2.24) is 10.3 Å². The molecule has 0 aliphatic carbocycles. The Balaban J connectivity index is 2.04. The van der Waals surface area contributed by atoms with Gasteiger partial charge >= 0.3 is 0 Å². The molecular formula is C14H18N4. The highest BCUT2D eigenvalue weighted by atomic mass is 15.2. The van der Waals surface area contributed by atoms with Gasteiger partial charge in [-0.2, -0.15) is 0 Å². The van der Waals surface area contributed by atoms with Crippen LogP contribution >= 0.6 is 0 Å². The van der Waals surface area contributed by atoms with Crippen LogP contribution in [0.5, 0.6) is 0 Å². The minimum Gasteiger partial charge on any atom is -0.399 e. The van der Waals surface area contributed by atoms with E-state index in [1.54, 1.807) is 0 Å². The van der Waals surface area contributed by atoms with E-state index in [1.165, 1.54) is 5.39 Å². The molecule has 94 valence electrons. The van der Waals surface area contributed by atoms with E-state index in [0.29, 0.717) is 0 Å². The second-order valence-corrected chi connectivity index (χ2v) is 4.71. The molecule has 0 unspecified atom stereocenters. The van der Waals surface area contributed by atoms with Crippen LogP contribution in [0.3, 0.4) is 0 Å². The lowest BCUT2D eigenvalue weighted by Crippen LogP contribution is -2.28. The molecule has 3 N–H and O–H groups in total. The molecule has 1 saturated heterocycles. The fourth-order valence-corrected chi connectivity index (χ4v) is 2.49. The Kier molecular flexibility index (Phi) is 3.02. The first kappa shape index (κ1) is 11.3. The lowest BCUT2D eigenvalue weighted by atomic mass is 10.1. The number of rotatable bonds is 1. The summed E-state index contributed by atoms with van der Waals surface area (Å²) in [5.74, 6) is 1.08. The third kappa shape index (κ3) is 2.11. The van der Waals surface area contributed by atoms with Gasteiger partial charge in [-0.15, -0.1) is 0 Å². The van der Waals surface area contributed by atoms with Gasteiger partial charge in [0.15, 0.2) is 0 Å². The monoisotopic (exact) mass is 242 g/mol. The van der Waals surface area contributed by atoms with Gasteiger partial charge in [-0.3, -0.25) is 0 Å². The Morgan fingerprint density at radius 2 is 2.11 bits per heavy atom. The molecule has 1 aromatic carbocycles. The quantitative estimate of drug-likeness (QED) is 0.746. The molecule has 3 rings (SSSR count). The van der Waals surface area contributed by atoms with E-state index >= 15 is 0 Å². The van der Waals surface area contributed by atoms with Crippen molar-refractivity contribution in [2.75, 3.05) is 36.8 Å². The Labute approximate surface area is 107 Å². The fraction of sp³-hybridized carbons (Fsp3) is 0.357. The zero-order valence-electron chi connectivity index (χ0n) is 10.4. The first-order valence-corrected chi connectivity index (χ1v) is 6.44. The SMILES string of the molecule is Nc1ccc2c(N3CCCNCC3)nccc2c1. The van der Waals surface area contributed by atoms with E-state index in [4.69, 9.17) is 5.73 Å². The molecule has 18 heavy (non-hydrogen) atoms. The van der Waals surface area contributed by atoms with Crippen LogP contribution in [0.15, 0.2) is 30.5 Å². The van der Waals surface area contributed by atoms with Crippen molar-refractivity contribution < 1.29 is 0 Å². The lowest BCUT2D eigenvalue weighted by Gasteiger charge is -2.22. The van der Waals surface area contributed by atoms with Crippen LogP contribution in [0.25, 0.3) is 10.8 Å². The number of anilines is 2. The van der Waals surface area contributed by atoms with Crippen LogP contribution in [0.1, 0.15) is 6.42 Å². The van der Waals surface area contributed by atoms with Gasteiger partial charge in [-0.1, -0.05) is 0 Å². The van der Waals surface area contributed by atoms with Gasteiger partial charge in [-0.25, -0.2) is 4.98 Å². The van der Waals surface area contributed by atoms with Gasteiger partial charge in [-0.05, 0) is 42.6 Å². The van der Waals surface area contributed by atoms with E-state index < -0.39 is 0 Å². The molecule has 0 atom stereocenters. The first-order valence-electron chi connectivity index (χ1n) is 6.44. The molecule has 1 aliphatic heterocycles. The normalized spacial score (nSPS) is 16.8. The van der Waals surface area contributed by atoms with E-state index in [9.17, 15) is 0 Å². The van der Waals surface area contributed by atoms with E-state index in [1.807, 2.05) is 24.4 Å². The smallest absolute Gasteiger partial charge is 0.136 e. The molecule has 0 saturated carbocycles. The van der Waals surface area contributed by atoms with Crippen LogP contribution in [-0.2, 0) is 0 Å². The molecule has 1 aromatic heterocycles. The van der Waals surface area contributed by atoms with Gasteiger partial charge in [0.2, 0.25) is 0 Å². The van der Waals surface area contributed by atoms with Gasteiger partial charge in [0.25, 0.3) is 0 Å². The van der Waals surface area contributed by atoms with E-state index in [-0.39, 0.29) is 0 Å². The third-order valence-corrected chi connectivity index (χ3v) is 3.41. The zero-order valence-corrected chi connectivity index (χ0v) is 10.4. The van der Waals surface area contributed by atoms with Gasteiger partial charge in [0, 0.05) is 36.9 Å². The molecule has 1 aliphatic rings.